The maximum atomic E-state index is 8.81. The zero-order valence-corrected chi connectivity index (χ0v) is 12.1. The van der Waals surface area contributed by atoms with E-state index in [9.17, 15) is 0 Å². The summed E-state index contributed by atoms with van der Waals surface area (Å²) in [5, 5.41) is 8.81. The van der Waals surface area contributed by atoms with Gasteiger partial charge in [-0.05, 0) is 57.3 Å². The molecule has 1 fully saturated rings. The van der Waals surface area contributed by atoms with Gasteiger partial charge in [0.1, 0.15) is 5.54 Å². The highest BCUT2D eigenvalue weighted by Gasteiger charge is 2.24. The van der Waals surface area contributed by atoms with Crippen LogP contribution in [0.15, 0.2) is 0 Å². The lowest BCUT2D eigenvalue weighted by molar-refractivity contribution is -0.000785. The third-order valence-electron chi connectivity index (χ3n) is 3.83. The van der Waals surface area contributed by atoms with Gasteiger partial charge in [-0.1, -0.05) is 13.8 Å². The maximum absolute atomic E-state index is 8.81. The highest BCUT2D eigenvalue weighted by molar-refractivity contribution is 5.00. The first-order valence-corrected chi connectivity index (χ1v) is 7.24. The number of rotatable bonds is 6. The van der Waals surface area contributed by atoms with Crippen molar-refractivity contribution in [1.82, 2.24) is 0 Å². The summed E-state index contributed by atoms with van der Waals surface area (Å²) >= 11 is 0. The highest BCUT2D eigenvalue weighted by Crippen LogP contribution is 2.30. The topological polar surface area (TPSA) is 59.0 Å². The Morgan fingerprint density at radius 1 is 1.22 bits per heavy atom. The van der Waals surface area contributed by atoms with Crippen LogP contribution in [0.3, 0.4) is 0 Å². The van der Waals surface area contributed by atoms with Gasteiger partial charge in [0.05, 0.1) is 12.2 Å². The monoisotopic (exact) mass is 252 g/mol. The van der Waals surface area contributed by atoms with Gasteiger partial charge >= 0.3 is 0 Å². The number of ether oxygens (including phenoxy) is 1. The summed E-state index contributed by atoms with van der Waals surface area (Å²) in [4.78, 5) is 0. The van der Waals surface area contributed by atoms with Gasteiger partial charge in [-0.2, -0.15) is 5.26 Å². The van der Waals surface area contributed by atoms with Gasteiger partial charge < -0.3 is 10.5 Å². The van der Waals surface area contributed by atoms with Crippen LogP contribution in [0.25, 0.3) is 0 Å². The van der Waals surface area contributed by atoms with Crippen molar-refractivity contribution in [2.75, 3.05) is 6.61 Å². The van der Waals surface area contributed by atoms with E-state index < -0.39 is 5.54 Å². The Balaban J connectivity index is 2.09. The first-order chi connectivity index (χ1) is 8.43. The number of hydrogen-bond acceptors (Lipinski definition) is 3. The van der Waals surface area contributed by atoms with Crippen LogP contribution in [0.2, 0.25) is 0 Å². The van der Waals surface area contributed by atoms with Crippen LogP contribution in [0.1, 0.15) is 59.3 Å². The SMILES string of the molecule is CC1CC(C)CC(OCCCCC(C)(N)C#N)C1. The lowest BCUT2D eigenvalue weighted by Crippen LogP contribution is -2.33. The molecule has 18 heavy (non-hydrogen) atoms. The molecule has 104 valence electrons. The van der Waals surface area contributed by atoms with Crippen molar-refractivity contribution in [3.8, 4) is 6.07 Å². The number of hydrogen-bond donors (Lipinski definition) is 1. The molecule has 0 spiro atoms. The zero-order chi connectivity index (χ0) is 13.6. The molecule has 3 heteroatoms. The molecule has 0 heterocycles. The minimum atomic E-state index is -0.673. The molecule has 3 nitrogen and oxygen atoms in total. The Kier molecular flexibility index (Phi) is 6.11. The molecule has 3 atom stereocenters. The molecular formula is C15H28N2O. The molecule has 1 rings (SSSR count). The number of nitrogens with zero attached hydrogens (tertiary/aromatic N) is 1. The van der Waals surface area contributed by atoms with Gasteiger partial charge in [0.25, 0.3) is 0 Å². The van der Waals surface area contributed by atoms with Crippen LogP contribution in [0, 0.1) is 23.2 Å². The van der Waals surface area contributed by atoms with E-state index in [1.807, 2.05) is 0 Å². The normalized spacial score (nSPS) is 31.6. The second kappa shape index (κ2) is 7.11. The quantitative estimate of drug-likeness (QED) is 0.738. The van der Waals surface area contributed by atoms with E-state index in [1.165, 1.54) is 19.3 Å². The van der Waals surface area contributed by atoms with Crippen molar-refractivity contribution in [1.29, 1.82) is 5.26 Å². The van der Waals surface area contributed by atoms with Crippen LogP contribution in [-0.4, -0.2) is 18.2 Å². The Hall–Kier alpha value is -0.590. The van der Waals surface area contributed by atoms with Gasteiger partial charge in [0, 0.05) is 6.61 Å². The Morgan fingerprint density at radius 2 is 1.83 bits per heavy atom. The largest absolute Gasteiger partial charge is 0.378 e. The second-order valence-electron chi connectivity index (χ2n) is 6.40. The molecule has 0 radical (unpaired) electrons. The van der Waals surface area contributed by atoms with Crippen molar-refractivity contribution >= 4 is 0 Å². The maximum Gasteiger partial charge on any atom is 0.101 e. The predicted octanol–water partition coefficient (Wildman–Crippen LogP) is 3.24. The van der Waals surface area contributed by atoms with Crippen LogP contribution in [0.5, 0.6) is 0 Å². The summed E-state index contributed by atoms with van der Waals surface area (Å²) in [5.41, 5.74) is 5.10. The van der Waals surface area contributed by atoms with E-state index in [0.717, 1.165) is 37.7 Å². The first-order valence-electron chi connectivity index (χ1n) is 7.24. The minimum absolute atomic E-state index is 0.448. The van der Waals surface area contributed by atoms with E-state index in [1.54, 1.807) is 6.92 Å². The summed E-state index contributed by atoms with van der Waals surface area (Å²) in [6.07, 6.45) is 6.93. The van der Waals surface area contributed by atoms with E-state index in [2.05, 4.69) is 19.9 Å². The highest BCUT2D eigenvalue weighted by atomic mass is 16.5. The first kappa shape index (κ1) is 15.5. The standard InChI is InChI=1S/C15H28N2O/c1-12-8-13(2)10-14(9-12)18-7-5-4-6-15(3,17)11-16/h12-14H,4-10,17H2,1-3H3. The molecule has 3 unspecified atom stereocenters. The van der Waals surface area contributed by atoms with Crippen LogP contribution in [-0.2, 0) is 4.74 Å². The second-order valence-corrected chi connectivity index (χ2v) is 6.40. The number of nitriles is 1. The Labute approximate surface area is 112 Å². The Morgan fingerprint density at radius 3 is 2.39 bits per heavy atom. The molecule has 1 aliphatic rings. The molecule has 0 bridgehead atoms. The molecule has 0 aromatic carbocycles. The molecule has 0 saturated heterocycles. The van der Waals surface area contributed by atoms with E-state index >= 15 is 0 Å². The summed E-state index contributed by atoms with van der Waals surface area (Å²) in [5.74, 6) is 1.59. The van der Waals surface area contributed by atoms with Gasteiger partial charge in [0.15, 0.2) is 0 Å². The zero-order valence-electron chi connectivity index (χ0n) is 12.1. The molecule has 0 amide bonds. The van der Waals surface area contributed by atoms with Crippen molar-refractivity contribution in [3.05, 3.63) is 0 Å². The summed E-state index contributed by atoms with van der Waals surface area (Å²) in [7, 11) is 0. The summed E-state index contributed by atoms with van der Waals surface area (Å²) in [6, 6.07) is 2.13. The van der Waals surface area contributed by atoms with E-state index in [0.29, 0.717) is 6.10 Å². The van der Waals surface area contributed by atoms with Crippen LogP contribution < -0.4 is 5.73 Å². The molecule has 0 aromatic heterocycles. The average molecular weight is 252 g/mol. The summed E-state index contributed by atoms with van der Waals surface area (Å²) < 4.78 is 5.95. The smallest absolute Gasteiger partial charge is 0.101 e. The lowest BCUT2D eigenvalue weighted by Gasteiger charge is -2.31. The predicted molar refractivity (Wildman–Crippen MR) is 74.0 cm³/mol. The fourth-order valence-electron chi connectivity index (χ4n) is 2.91. The number of unbranched alkanes of at least 4 members (excludes halogenated alkanes) is 1. The third kappa shape index (κ3) is 5.84. The fraction of sp³-hybridized carbons (Fsp3) is 0.933. The van der Waals surface area contributed by atoms with Crippen molar-refractivity contribution in [2.45, 2.75) is 70.9 Å². The molecule has 2 N–H and O–H groups in total. The van der Waals surface area contributed by atoms with Crippen LogP contribution >= 0.6 is 0 Å². The van der Waals surface area contributed by atoms with Crippen molar-refractivity contribution in [2.24, 2.45) is 17.6 Å². The van der Waals surface area contributed by atoms with E-state index in [4.69, 9.17) is 15.7 Å². The van der Waals surface area contributed by atoms with Crippen molar-refractivity contribution < 1.29 is 4.74 Å². The van der Waals surface area contributed by atoms with Crippen LogP contribution in [0.4, 0.5) is 0 Å². The minimum Gasteiger partial charge on any atom is -0.378 e. The fourth-order valence-corrected chi connectivity index (χ4v) is 2.91. The summed E-state index contributed by atoms with van der Waals surface area (Å²) in [6.45, 7) is 7.24. The van der Waals surface area contributed by atoms with Crippen molar-refractivity contribution in [3.63, 3.8) is 0 Å². The average Bonchev–Trinajstić information content (AvgIpc) is 2.27. The Bertz CT molecular complexity index is 273. The molecule has 1 saturated carbocycles. The molecule has 1 aliphatic carbocycles. The van der Waals surface area contributed by atoms with E-state index in [-0.39, 0.29) is 0 Å². The number of nitrogens with two attached hydrogens (primary N) is 1. The lowest BCUT2D eigenvalue weighted by atomic mass is 9.82. The van der Waals surface area contributed by atoms with Gasteiger partial charge in [-0.15, -0.1) is 0 Å². The molecule has 0 aromatic rings. The molecule has 0 aliphatic heterocycles. The van der Waals surface area contributed by atoms with Gasteiger partial charge in [-0.3, -0.25) is 0 Å². The van der Waals surface area contributed by atoms with Gasteiger partial charge in [-0.25, -0.2) is 0 Å². The van der Waals surface area contributed by atoms with Gasteiger partial charge in [0.2, 0.25) is 0 Å². The molecular weight excluding hydrogens is 224 g/mol. The third-order valence-corrected chi connectivity index (χ3v) is 3.83.